The lowest BCUT2D eigenvalue weighted by molar-refractivity contribution is 0.414. The Morgan fingerprint density at radius 2 is 1.56 bits per heavy atom. The molecular formula is C24H22N2O. The summed E-state index contributed by atoms with van der Waals surface area (Å²) in [7, 11) is 1.69. The van der Waals surface area contributed by atoms with Gasteiger partial charge in [0.25, 0.3) is 0 Å². The van der Waals surface area contributed by atoms with Gasteiger partial charge < -0.3 is 9.30 Å². The number of imidazole rings is 1. The Bertz CT molecular complexity index is 1080. The fourth-order valence-electron chi connectivity index (χ4n) is 3.44. The zero-order chi connectivity index (χ0) is 18.6. The van der Waals surface area contributed by atoms with Crippen molar-refractivity contribution in [3.8, 4) is 5.75 Å². The molecule has 4 aromatic rings. The molecular weight excluding hydrogens is 332 g/mol. The molecule has 0 aliphatic rings. The number of ether oxygens (including phenoxy) is 1. The molecule has 1 aromatic heterocycles. The van der Waals surface area contributed by atoms with E-state index < -0.39 is 0 Å². The van der Waals surface area contributed by atoms with Gasteiger partial charge in [0.05, 0.1) is 24.2 Å². The second kappa shape index (κ2) is 7.50. The molecule has 0 radical (unpaired) electrons. The van der Waals surface area contributed by atoms with Crippen molar-refractivity contribution in [3.63, 3.8) is 0 Å². The summed E-state index contributed by atoms with van der Waals surface area (Å²) >= 11 is 0. The predicted octanol–water partition coefficient (Wildman–Crippen LogP) is 5.82. The number of hydrogen-bond acceptors (Lipinski definition) is 2. The van der Waals surface area contributed by atoms with Gasteiger partial charge >= 0.3 is 0 Å². The quantitative estimate of drug-likeness (QED) is 0.451. The Morgan fingerprint density at radius 3 is 2.37 bits per heavy atom. The first kappa shape index (κ1) is 17.1. The van der Waals surface area contributed by atoms with E-state index in [-0.39, 0.29) is 6.04 Å². The van der Waals surface area contributed by atoms with Crippen molar-refractivity contribution in [1.29, 1.82) is 0 Å². The zero-order valence-electron chi connectivity index (χ0n) is 15.5. The maximum absolute atomic E-state index is 5.46. The highest BCUT2D eigenvalue weighted by atomic mass is 16.5. The molecule has 0 saturated carbocycles. The number of methoxy groups -OCH3 is 1. The summed E-state index contributed by atoms with van der Waals surface area (Å²) in [6.07, 6.45) is 4.13. The summed E-state index contributed by atoms with van der Waals surface area (Å²) in [6, 6.07) is 27.0. The van der Waals surface area contributed by atoms with Gasteiger partial charge in [0.15, 0.2) is 0 Å². The number of benzene rings is 3. The minimum absolute atomic E-state index is 0.177. The Kier molecular flexibility index (Phi) is 4.75. The van der Waals surface area contributed by atoms with Crippen molar-refractivity contribution in [2.45, 2.75) is 13.0 Å². The third kappa shape index (κ3) is 3.36. The van der Waals surface area contributed by atoms with Gasteiger partial charge in [-0.3, -0.25) is 0 Å². The number of para-hydroxylation sites is 3. The van der Waals surface area contributed by atoms with Crippen LogP contribution in [-0.4, -0.2) is 16.7 Å². The summed E-state index contributed by atoms with van der Waals surface area (Å²) in [6.45, 7) is 2.21. The SMILES string of the molecule is COc1ccccc1/C=C/c1nc2ccccc2n1[C@@H](C)c1ccccc1. The fourth-order valence-corrected chi connectivity index (χ4v) is 3.44. The van der Waals surface area contributed by atoms with Crippen molar-refractivity contribution in [3.05, 3.63) is 95.8 Å². The first-order valence-electron chi connectivity index (χ1n) is 9.11. The third-order valence-electron chi connectivity index (χ3n) is 4.84. The highest BCUT2D eigenvalue weighted by molar-refractivity contribution is 5.80. The normalized spacial score (nSPS) is 12.5. The van der Waals surface area contributed by atoms with Crippen molar-refractivity contribution < 1.29 is 4.74 Å². The van der Waals surface area contributed by atoms with Crippen LogP contribution in [0.5, 0.6) is 5.75 Å². The number of nitrogens with zero attached hydrogens (tertiary/aromatic N) is 2. The minimum atomic E-state index is 0.177. The highest BCUT2D eigenvalue weighted by Gasteiger charge is 2.15. The van der Waals surface area contributed by atoms with Gasteiger partial charge in [-0.2, -0.15) is 0 Å². The Balaban J connectivity index is 1.82. The average molecular weight is 354 g/mol. The predicted molar refractivity (Wildman–Crippen MR) is 112 cm³/mol. The van der Waals surface area contributed by atoms with E-state index in [9.17, 15) is 0 Å². The Hall–Kier alpha value is -3.33. The van der Waals surface area contributed by atoms with E-state index in [1.807, 2.05) is 36.4 Å². The second-order valence-electron chi connectivity index (χ2n) is 6.49. The van der Waals surface area contributed by atoms with Crippen LogP contribution >= 0.6 is 0 Å². The molecule has 27 heavy (non-hydrogen) atoms. The molecule has 0 N–H and O–H groups in total. The minimum Gasteiger partial charge on any atom is -0.496 e. The van der Waals surface area contributed by atoms with Crippen molar-refractivity contribution in [1.82, 2.24) is 9.55 Å². The Labute approximate surface area is 159 Å². The van der Waals surface area contributed by atoms with Crippen LogP contribution in [0.15, 0.2) is 78.9 Å². The monoisotopic (exact) mass is 354 g/mol. The van der Waals surface area contributed by atoms with E-state index in [1.165, 1.54) is 5.56 Å². The molecule has 3 heteroatoms. The molecule has 1 atom stereocenters. The first-order valence-corrected chi connectivity index (χ1v) is 9.11. The maximum Gasteiger partial charge on any atom is 0.134 e. The van der Waals surface area contributed by atoms with Crippen LogP contribution in [0.4, 0.5) is 0 Å². The number of fused-ring (bicyclic) bond motifs is 1. The molecule has 134 valence electrons. The lowest BCUT2D eigenvalue weighted by atomic mass is 10.1. The van der Waals surface area contributed by atoms with Gasteiger partial charge in [-0.05, 0) is 42.8 Å². The molecule has 0 aliphatic heterocycles. The molecule has 1 heterocycles. The van der Waals surface area contributed by atoms with E-state index in [2.05, 4.69) is 66.1 Å². The lowest BCUT2D eigenvalue weighted by Gasteiger charge is -2.17. The topological polar surface area (TPSA) is 27.1 Å². The first-order chi connectivity index (χ1) is 13.3. The van der Waals surface area contributed by atoms with E-state index in [0.29, 0.717) is 0 Å². The van der Waals surface area contributed by atoms with Crippen LogP contribution in [0.2, 0.25) is 0 Å². The summed E-state index contributed by atoms with van der Waals surface area (Å²) in [4.78, 5) is 4.87. The molecule has 0 saturated heterocycles. The number of rotatable bonds is 5. The zero-order valence-corrected chi connectivity index (χ0v) is 15.5. The molecule has 0 fully saturated rings. The molecule has 3 nitrogen and oxygen atoms in total. The van der Waals surface area contributed by atoms with Gasteiger partial charge in [-0.1, -0.05) is 60.7 Å². The molecule has 0 unspecified atom stereocenters. The molecule has 0 spiro atoms. The largest absolute Gasteiger partial charge is 0.496 e. The van der Waals surface area contributed by atoms with Crippen LogP contribution in [0.25, 0.3) is 23.2 Å². The Morgan fingerprint density at radius 1 is 0.852 bits per heavy atom. The smallest absolute Gasteiger partial charge is 0.134 e. The summed E-state index contributed by atoms with van der Waals surface area (Å²) in [5.41, 5.74) is 4.42. The maximum atomic E-state index is 5.46. The molecule has 3 aromatic carbocycles. The van der Waals surface area contributed by atoms with E-state index in [0.717, 1.165) is 28.2 Å². The fraction of sp³-hybridized carbons (Fsp3) is 0.125. The standard InChI is InChI=1S/C24H22N2O/c1-18(19-10-4-3-5-11-19)26-22-14-8-7-13-21(22)25-24(26)17-16-20-12-6-9-15-23(20)27-2/h3-18H,1-2H3/b17-16+/t18-/m0/s1. The van der Waals surface area contributed by atoms with Gasteiger partial charge in [0, 0.05) is 5.56 Å². The highest BCUT2D eigenvalue weighted by Crippen LogP contribution is 2.28. The molecule has 0 bridgehead atoms. The lowest BCUT2D eigenvalue weighted by Crippen LogP contribution is -2.08. The van der Waals surface area contributed by atoms with E-state index >= 15 is 0 Å². The molecule has 0 amide bonds. The molecule has 4 rings (SSSR count). The van der Waals surface area contributed by atoms with Crippen LogP contribution in [-0.2, 0) is 0 Å². The molecule has 0 aliphatic carbocycles. The van der Waals surface area contributed by atoms with Gasteiger partial charge in [0.1, 0.15) is 11.6 Å². The van der Waals surface area contributed by atoms with Crippen LogP contribution in [0, 0.1) is 0 Å². The summed E-state index contributed by atoms with van der Waals surface area (Å²) < 4.78 is 7.75. The summed E-state index contributed by atoms with van der Waals surface area (Å²) in [5, 5.41) is 0. The number of hydrogen-bond donors (Lipinski definition) is 0. The van der Waals surface area contributed by atoms with Crippen LogP contribution in [0.1, 0.15) is 29.9 Å². The average Bonchev–Trinajstić information content (AvgIpc) is 3.11. The third-order valence-corrected chi connectivity index (χ3v) is 4.84. The van der Waals surface area contributed by atoms with Gasteiger partial charge in [-0.25, -0.2) is 4.98 Å². The van der Waals surface area contributed by atoms with Crippen molar-refractivity contribution in [2.24, 2.45) is 0 Å². The second-order valence-corrected chi connectivity index (χ2v) is 6.49. The summed E-state index contributed by atoms with van der Waals surface area (Å²) in [5.74, 6) is 1.78. The van der Waals surface area contributed by atoms with Gasteiger partial charge in [0.2, 0.25) is 0 Å². The number of aromatic nitrogens is 2. The van der Waals surface area contributed by atoms with Crippen LogP contribution in [0.3, 0.4) is 0 Å². The van der Waals surface area contributed by atoms with E-state index in [4.69, 9.17) is 9.72 Å². The van der Waals surface area contributed by atoms with Crippen molar-refractivity contribution in [2.75, 3.05) is 7.11 Å². The van der Waals surface area contributed by atoms with Crippen LogP contribution < -0.4 is 4.74 Å². The van der Waals surface area contributed by atoms with Crippen molar-refractivity contribution >= 4 is 23.2 Å². The van der Waals surface area contributed by atoms with Gasteiger partial charge in [-0.15, -0.1) is 0 Å². The van der Waals surface area contributed by atoms with E-state index in [1.54, 1.807) is 7.11 Å².